The highest BCUT2D eigenvalue weighted by atomic mass is 79.9. The number of para-hydroxylation sites is 2. The van der Waals surface area contributed by atoms with Crippen LogP contribution in [0.4, 0.5) is 4.79 Å². The molecular formula is C18H14Br2N2O4S. The molecule has 1 heterocycles. The number of fused-ring (bicyclic) bond motifs is 1. The summed E-state index contributed by atoms with van der Waals surface area (Å²) in [5.74, 6) is 1.10. The van der Waals surface area contributed by atoms with Crippen molar-refractivity contribution in [1.82, 2.24) is 9.55 Å². The molecule has 0 amide bonds. The van der Waals surface area contributed by atoms with Gasteiger partial charge in [0.1, 0.15) is 11.6 Å². The van der Waals surface area contributed by atoms with E-state index in [0.717, 1.165) is 16.2 Å². The van der Waals surface area contributed by atoms with Crippen LogP contribution < -0.4 is 10.3 Å². The van der Waals surface area contributed by atoms with Crippen LogP contribution in [0.3, 0.4) is 0 Å². The number of hydrogen-bond donors (Lipinski definition) is 0. The van der Waals surface area contributed by atoms with Gasteiger partial charge in [0.15, 0.2) is 0 Å². The number of ether oxygens (including phenoxy) is 2. The van der Waals surface area contributed by atoms with Crippen LogP contribution in [0.2, 0.25) is 0 Å². The Kier molecular flexibility index (Phi) is 6.23. The Morgan fingerprint density at radius 1 is 1.22 bits per heavy atom. The molecule has 0 radical (unpaired) electrons. The molecule has 0 spiro atoms. The van der Waals surface area contributed by atoms with Gasteiger partial charge in [-0.05, 0) is 52.0 Å². The average molecular weight is 514 g/mol. The molecule has 27 heavy (non-hydrogen) atoms. The molecular weight excluding hydrogens is 500 g/mol. The van der Waals surface area contributed by atoms with Crippen LogP contribution in [0.1, 0.15) is 5.82 Å². The molecule has 0 saturated heterocycles. The lowest BCUT2D eigenvalue weighted by Gasteiger charge is -2.16. The fourth-order valence-corrected chi connectivity index (χ4v) is 4.47. The number of nitrogens with zero attached hydrogens (tertiary/aromatic N) is 2. The van der Waals surface area contributed by atoms with Crippen molar-refractivity contribution in [2.75, 3.05) is 14.2 Å². The van der Waals surface area contributed by atoms with Crippen molar-refractivity contribution >= 4 is 59.8 Å². The summed E-state index contributed by atoms with van der Waals surface area (Å²) in [7, 11) is 2.85. The third-order valence-corrected chi connectivity index (χ3v) is 5.64. The van der Waals surface area contributed by atoms with E-state index in [9.17, 15) is 9.59 Å². The Hall–Kier alpha value is -1.84. The maximum Gasteiger partial charge on any atom is 0.367 e. The molecule has 0 aliphatic heterocycles. The number of carbonyl (C=O) groups is 1. The first-order chi connectivity index (χ1) is 13.0. The molecule has 3 rings (SSSR count). The second-order valence-corrected chi connectivity index (χ2v) is 8.05. The van der Waals surface area contributed by atoms with E-state index in [0.29, 0.717) is 32.6 Å². The number of benzene rings is 2. The summed E-state index contributed by atoms with van der Waals surface area (Å²) >= 11 is 7.79. The lowest BCUT2D eigenvalue weighted by molar-refractivity contribution is 0.200. The van der Waals surface area contributed by atoms with Gasteiger partial charge in [-0.2, -0.15) is 0 Å². The molecule has 9 heteroatoms. The highest BCUT2D eigenvalue weighted by molar-refractivity contribution is 9.11. The summed E-state index contributed by atoms with van der Waals surface area (Å²) < 4.78 is 13.0. The normalized spacial score (nSPS) is 10.8. The number of methoxy groups -OCH3 is 2. The highest BCUT2D eigenvalue weighted by Gasteiger charge is 2.18. The summed E-state index contributed by atoms with van der Waals surface area (Å²) in [5.41, 5.74) is 0.817. The van der Waals surface area contributed by atoms with E-state index in [-0.39, 0.29) is 11.3 Å². The van der Waals surface area contributed by atoms with Crippen LogP contribution in [0.5, 0.6) is 5.75 Å². The van der Waals surface area contributed by atoms with Gasteiger partial charge in [-0.3, -0.25) is 9.36 Å². The number of aromatic nitrogens is 2. The van der Waals surface area contributed by atoms with Crippen LogP contribution in [-0.4, -0.2) is 29.1 Å². The molecule has 1 aromatic heterocycles. The summed E-state index contributed by atoms with van der Waals surface area (Å²) in [6.07, 6.45) is 0. The van der Waals surface area contributed by atoms with E-state index in [4.69, 9.17) is 4.74 Å². The minimum absolute atomic E-state index is 0.165. The van der Waals surface area contributed by atoms with Crippen molar-refractivity contribution in [3.63, 3.8) is 0 Å². The Bertz CT molecular complexity index is 1080. The lowest BCUT2D eigenvalue weighted by atomic mass is 10.2. The van der Waals surface area contributed by atoms with Gasteiger partial charge in [0.2, 0.25) is 0 Å². The molecule has 6 nitrogen and oxygen atoms in total. The Morgan fingerprint density at radius 3 is 2.67 bits per heavy atom. The smallest absolute Gasteiger partial charge is 0.367 e. The zero-order valence-electron chi connectivity index (χ0n) is 14.4. The second-order valence-electron chi connectivity index (χ2n) is 5.37. The summed E-state index contributed by atoms with van der Waals surface area (Å²) in [5, 5.41) is -0.0141. The summed E-state index contributed by atoms with van der Waals surface area (Å²) in [6.45, 7) is 0. The highest BCUT2D eigenvalue weighted by Crippen LogP contribution is 2.29. The van der Waals surface area contributed by atoms with Crippen molar-refractivity contribution in [2.24, 2.45) is 0 Å². The quantitative estimate of drug-likeness (QED) is 0.461. The van der Waals surface area contributed by atoms with E-state index in [1.165, 1.54) is 18.8 Å². The number of rotatable bonds is 4. The standard InChI is InChI=1S/C18H14Br2N2O4S/c1-25-14-6-4-3-5-13(14)22-15(9-27-18(24)26-2)21-16-11(17(22)23)7-10(19)8-12(16)20/h3-8H,9H2,1-2H3. The van der Waals surface area contributed by atoms with Crippen molar-refractivity contribution in [2.45, 2.75) is 5.75 Å². The van der Waals surface area contributed by atoms with E-state index >= 15 is 0 Å². The lowest BCUT2D eigenvalue weighted by Crippen LogP contribution is -2.24. The van der Waals surface area contributed by atoms with Crippen LogP contribution in [0.15, 0.2) is 50.1 Å². The number of halogens is 2. The fourth-order valence-electron chi connectivity index (χ4n) is 2.60. The summed E-state index contributed by atoms with van der Waals surface area (Å²) in [4.78, 5) is 29.6. The van der Waals surface area contributed by atoms with Gasteiger partial charge in [-0.1, -0.05) is 28.1 Å². The minimum atomic E-state index is -0.453. The van der Waals surface area contributed by atoms with Crippen molar-refractivity contribution in [3.8, 4) is 11.4 Å². The molecule has 0 atom stereocenters. The third-order valence-electron chi connectivity index (χ3n) is 3.77. The molecule has 0 unspecified atom stereocenters. The molecule has 3 aromatic rings. The van der Waals surface area contributed by atoms with Crippen LogP contribution >= 0.6 is 43.6 Å². The fraction of sp³-hybridized carbons (Fsp3) is 0.167. The molecule has 0 bridgehead atoms. The Labute approximate surface area is 176 Å². The van der Waals surface area contributed by atoms with Gasteiger partial charge < -0.3 is 9.47 Å². The second kappa shape index (κ2) is 8.45. The number of hydrogen-bond acceptors (Lipinski definition) is 6. The van der Waals surface area contributed by atoms with E-state index in [2.05, 4.69) is 41.6 Å². The SMILES string of the molecule is COC(=O)SCc1nc2c(Br)cc(Br)cc2c(=O)n1-c1ccccc1OC. The summed E-state index contributed by atoms with van der Waals surface area (Å²) in [6, 6.07) is 10.7. The molecule has 0 saturated carbocycles. The van der Waals surface area contributed by atoms with Gasteiger partial charge >= 0.3 is 5.30 Å². The van der Waals surface area contributed by atoms with Gasteiger partial charge in [0.25, 0.3) is 5.56 Å². The van der Waals surface area contributed by atoms with E-state index < -0.39 is 5.30 Å². The first kappa shape index (κ1) is 19.9. The van der Waals surface area contributed by atoms with E-state index in [1.807, 2.05) is 18.2 Å². The topological polar surface area (TPSA) is 70.4 Å². The monoisotopic (exact) mass is 512 g/mol. The zero-order chi connectivity index (χ0) is 19.6. The molecule has 140 valence electrons. The van der Waals surface area contributed by atoms with Crippen LogP contribution in [0.25, 0.3) is 16.6 Å². The minimum Gasteiger partial charge on any atom is -0.495 e. The van der Waals surface area contributed by atoms with Crippen molar-refractivity contribution in [1.29, 1.82) is 0 Å². The maximum atomic E-state index is 13.3. The first-order valence-electron chi connectivity index (χ1n) is 7.71. The van der Waals surface area contributed by atoms with Crippen molar-refractivity contribution < 1.29 is 14.3 Å². The van der Waals surface area contributed by atoms with Crippen LogP contribution in [-0.2, 0) is 10.5 Å². The predicted molar refractivity (Wildman–Crippen MR) is 113 cm³/mol. The van der Waals surface area contributed by atoms with Crippen molar-refractivity contribution in [3.05, 3.63) is 61.5 Å². The number of thioether (sulfide) groups is 1. The number of carbonyl (C=O) groups excluding carboxylic acids is 1. The Balaban J connectivity index is 2.32. The van der Waals surface area contributed by atoms with Gasteiger partial charge in [-0.25, -0.2) is 9.78 Å². The van der Waals surface area contributed by atoms with Crippen LogP contribution in [0, 0.1) is 0 Å². The van der Waals surface area contributed by atoms with Gasteiger partial charge in [0.05, 0.1) is 36.6 Å². The Morgan fingerprint density at radius 2 is 1.96 bits per heavy atom. The van der Waals surface area contributed by atoms with E-state index in [1.54, 1.807) is 18.2 Å². The van der Waals surface area contributed by atoms with Gasteiger partial charge in [0, 0.05) is 8.95 Å². The zero-order valence-corrected chi connectivity index (χ0v) is 18.4. The largest absolute Gasteiger partial charge is 0.495 e. The molecule has 0 aliphatic carbocycles. The average Bonchev–Trinajstić information content (AvgIpc) is 2.67. The third kappa shape index (κ3) is 4.04. The predicted octanol–water partition coefficient (Wildman–Crippen LogP) is 4.92. The van der Waals surface area contributed by atoms with Gasteiger partial charge in [-0.15, -0.1) is 0 Å². The maximum absolute atomic E-state index is 13.3. The first-order valence-corrected chi connectivity index (χ1v) is 10.3. The molecule has 0 N–H and O–H groups in total. The molecule has 0 aliphatic rings. The molecule has 0 fully saturated rings. The molecule has 2 aromatic carbocycles.